The van der Waals surface area contributed by atoms with Gasteiger partial charge in [-0.2, -0.15) is 0 Å². The zero-order valence-corrected chi connectivity index (χ0v) is 15.9. The maximum Gasteiger partial charge on any atom is 0.251 e. The van der Waals surface area contributed by atoms with Crippen molar-refractivity contribution in [2.75, 3.05) is 19.6 Å². The minimum atomic E-state index is -0.587. The third-order valence-corrected chi connectivity index (χ3v) is 4.59. The Morgan fingerprint density at radius 1 is 1.27 bits per heavy atom. The van der Waals surface area contributed by atoms with Crippen molar-refractivity contribution in [3.05, 3.63) is 35.4 Å². The summed E-state index contributed by atoms with van der Waals surface area (Å²) in [6.07, 6.45) is 2.27. The zero-order chi connectivity index (χ0) is 19.1. The Morgan fingerprint density at radius 2 is 2.04 bits per heavy atom. The molecule has 1 unspecified atom stereocenters. The average Bonchev–Trinajstić information content (AvgIpc) is 3.01. The van der Waals surface area contributed by atoms with E-state index in [9.17, 15) is 14.4 Å². The van der Waals surface area contributed by atoms with Crippen LogP contribution in [0.1, 0.15) is 49.0 Å². The van der Waals surface area contributed by atoms with Crippen LogP contribution in [0, 0.1) is 12.8 Å². The van der Waals surface area contributed by atoms with Gasteiger partial charge in [0.2, 0.25) is 11.8 Å². The topological polar surface area (TPSA) is 78.5 Å². The van der Waals surface area contributed by atoms with Crippen molar-refractivity contribution in [3.8, 4) is 0 Å². The predicted octanol–water partition coefficient (Wildman–Crippen LogP) is 1.88. The fourth-order valence-electron chi connectivity index (χ4n) is 3.08. The minimum absolute atomic E-state index is 0.0241. The molecule has 1 aliphatic heterocycles. The van der Waals surface area contributed by atoms with Crippen LogP contribution in [0.5, 0.6) is 0 Å². The minimum Gasteiger partial charge on any atom is -0.354 e. The number of nitrogens with zero attached hydrogens (tertiary/aromatic N) is 1. The Bertz CT molecular complexity index is 657. The summed E-state index contributed by atoms with van der Waals surface area (Å²) in [6.45, 7) is 7.71. The molecule has 6 nitrogen and oxygen atoms in total. The van der Waals surface area contributed by atoms with Crippen LogP contribution in [0.4, 0.5) is 0 Å². The number of carbonyl (C=O) groups is 3. The van der Waals surface area contributed by atoms with E-state index in [1.54, 1.807) is 12.1 Å². The van der Waals surface area contributed by atoms with Crippen LogP contribution in [0.15, 0.2) is 24.3 Å². The highest BCUT2D eigenvalue weighted by Crippen LogP contribution is 2.10. The van der Waals surface area contributed by atoms with E-state index in [4.69, 9.17) is 0 Å². The SMILES string of the molecule is Cc1cccc(C(=O)NC(C(=O)NCCCN2CCCC2=O)C(C)C)c1. The van der Waals surface area contributed by atoms with Crippen molar-refractivity contribution in [2.45, 2.75) is 46.1 Å². The van der Waals surface area contributed by atoms with Gasteiger partial charge in [0.05, 0.1) is 0 Å². The van der Waals surface area contributed by atoms with Crippen LogP contribution < -0.4 is 10.6 Å². The highest BCUT2D eigenvalue weighted by atomic mass is 16.2. The number of carbonyl (C=O) groups excluding carboxylic acids is 3. The van der Waals surface area contributed by atoms with E-state index in [1.165, 1.54) is 0 Å². The molecular formula is C20H29N3O3. The van der Waals surface area contributed by atoms with Gasteiger partial charge in [0.1, 0.15) is 6.04 Å². The number of benzene rings is 1. The smallest absolute Gasteiger partial charge is 0.251 e. The Labute approximate surface area is 155 Å². The van der Waals surface area contributed by atoms with Gasteiger partial charge in [-0.05, 0) is 37.8 Å². The van der Waals surface area contributed by atoms with E-state index < -0.39 is 6.04 Å². The zero-order valence-electron chi connectivity index (χ0n) is 15.9. The molecule has 1 aromatic carbocycles. The summed E-state index contributed by atoms with van der Waals surface area (Å²) in [6, 6.07) is 6.71. The molecule has 26 heavy (non-hydrogen) atoms. The van der Waals surface area contributed by atoms with Gasteiger partial charge in [0, 0.05) is 31.6 Å². The average molecular weight is 359 g/mol. The monoisotopic (exact) mass is 359 g/mol. The summed E-state index contributed by atoms with van der Waals surface area (Å²) in [5, 5.41) is 5.71. The summed E-state index contributed by atoms with van der Waals surface area (Å²) in [5.41, 5.74) is 1.55. The maximum absolute atomic E-state index is 12.5. The van der Waals surface area contributed by atoms with Gasteiger partial charge < -0.3 is 15.5 Å². The molecule has 2 N–H and O–H groups in total. The first-order valence-electron chi connectivity index (χ1n) is 9.31. The summed E-state index contributed by atoms with van der Waals surface area (Å²) in [5.74, 6) is -0.260. The van der Waals surface area contributed by atoms with Crippen LogP contribution in [0.2, 0.25) is 0 Å². The van der Waals surface area contributed by atoms with Gasteiger partial charge in [-0.1, -0.05) is 31.5 Å². The van der Waals surface area contributed by atoms with Gasteiger partial charge in [-0.25, -0.2) is 0 Å². The lowest BCUT2D eigenvalue weighted by Gasteiger charge is -2.22. The molecule has 0 bridgehead atoms. The number of amides is 3. The van der Waals surface area contributed by atoms with Crippen molar-refractivity contribution < 1.29 is 14.4 Å². The van der Waals surface area contributed by atoms with Crippen LogP contribution in [-0.2, 0) is 9.59 Å². The molecule has 2 rings (SSSR count). The Hall–Kier alpha value is -2.37. The highest BCUT2D eigenvalue weighted by Gasteiger charge is 2.25. The third kappa shape index (κ3) is 5.58. The predicted molar refractivity (Wildman–Crippen MR) is 101 cm³/mol. The van der Waals surface area contributed by atoms with Gasteiger partial charge in [0.25, 0.3) is 5.91 Å². The number of rotatable bonds is 8. The van der Waals surface area contributed by atoms with Gasteiger partial charge in [-0.3, -0.25) is 14.4 Å². The molecule has 0 saturated carbocycles. The molecule has 1 atom stereocenters. The molecule has 1 aliphatic rings. The molecule has 0 spiro atoms. The second kappa shape index (κ2) is 9.36. The lowest BCUT2D eigenvalue weighted by Crippen LogP contribution is -2.50. The van der Waals surface area contributed by atoms with Gasteiger partial charge in [0.15, 0.2) is 0 Å². The Morgan fingerprint density at radius 3 is 2.65 bits per heavy atom. The van der Waals surface area contributed by atoms with E-state index in [1.807, 2.05) is 37.8 Å². The summed E-state index contributed by atoms with van der Waals surface area (Å²) < 4.78 is 0. The van der Waals surface area contributed by atoms with E-state index in [2.05, 4.69) is 10.6 Å². The Kier molecular flexibility index (Phi) is 7.18. The molecule has 3 amide bonds. The maximum atomic E-state index is 12.5. The molecule has 0 aliphatic carbocycles. The molecule has 0 aromatic heterocycles. The van der Waals surface area contributed by atoms with Crippen LogP contribution in [0.3, 0.4) is 0 Å². The number of nitrogens with one attached hydrogen (secondary N) is 2. The fraction of sp³-hybridized carbons (Fsp3) is 0.550. The standard InChI is InChI=1S/C20H29N3O3/c1-14(2)18(22-19(25)16-8-4-7-15(3)13-16)20(26)21-10-6-12-23-11-5-9-17(23)24/h4,7-8,13-14,18H,5-6,9-12H2,1-3H3,(H,21,26)(H,22,25). The van der Waals surface area contributed by atoms with Crippen molar-refractivity contribution in [2.24, 2.45) is 5.92 Å². The molecule has 1 fully saturated rings. The Balaban J connectivity index is 1.82. The van der Waals surface area contributed by atoms with Crippen molar-refractivity contribution in [1.82, 2.24) is 15.5 Å². The third-order valence-electron chi connectivity index (χ3n) is 4.59. The molecule has 1 aromatic rings. The summed E-state index contributed by atoms with van der Waals surface area (Å²) in [7, 11) is 0. The first-order valence-corrected chi connectivity index (χ1v) is 9.31. The van der Waals surface area contributed by atoms with Crippen LogP contribution in [-0.4, -0.2) is 48.3 Å². The molecular weight excluding hydrogens is 330 g/mol. The van der Waals surface area contributed by atoms with Crippen molar-refractivity contribution in [1.29, 1.82) is 0 Å². The lowest BCUT2D eigenvalue weighted by atomic mass is 10.0. The van der Waals surface area contributed by atoms with Crippen molar-refractivity contribution in [3.63, 3.8) is 0 Å². The van der Waals surface area contributed by atoms with Crippen molar-refractivity contribution >= 4 is 17.7 Å². The molecule has 1 heterocycles. The quantitative estimate of drug-likeness (QED) is 0.696. The number of aryl methyl sites for hydroxylation is 1. The second-order valence-corrected chi connectivity index (χ2v) is 7.19. The molecule has 1 saturated heterocycles. The second-order valence-electron chi connectivity index (χ2n) is 7.19. The fourth-order valence-corrected chi connectivity index (χ4v) is 3.08. The lowest BCUT2D eigenvalue weighted by molar-refractivity contribution is -0.127. The molecule has 6 heteroatoms. The largest absolute Gasteiger partial charge is 0.354 e. The van der Waals surface area contributed by atoms with Crippen LogP contribution in [0.25, 0.3) is 0 Å². The van der Waals surface area contributed by atoms with E-state index >= 15 is 0 Å². The first kappa shape index (κ1) is 19.9. The summed E-state index contributed by atoms with van der Waals surface area (Å²) >= 11 is 0. The van der Waals surface area contributed by atoms with E-state index in [-0.39, 0.29) is 23.6 Å². The number of hydrogen-bond donors (Lipinski definition) is 2. The van der Waals surface area contributed by atoms with Crippen LogP contribution >= 0.6 is 0 Å². The van der Waals surface area contributed by atoms with E-state index in [0.29, 0.717) is 31.5 Å². The van der Waals surface area contributed by atoms with Gasteiger partial charge in [-0.15, -0.1) is 0 Å². The number of hydrogen-bond acceptors (Lipinski definition) is 3. The summed E-state index contributed by atoms with van der Waals surface area (Å²) in [4.78, 5) is 38.3. The molecule has 0 radical (unpaired) electrons. The highest BCUT2D eigenvalue weighted by molar-refractivity contribution is 5.97. The van der Waals surface area contributed by atoms with Gasteiger partial charge >= 0.3 is 0 Å². The number of likely N-dealkylation sites (tertiary alicyclic amines) is 1. The first-order chi connectivity index (χ1) is 12.4. The molecule has 142 valence electrons. The normalized spacial score (nSPS) is 15.2. The van der Waals surface area contributed by atoms with E-state index in [0.717, 1.165) is 18.5 Å².